The highest BCUT2D eigenvalue weighted by Gasteiger charge is 2.65. The molecule has 4 aliphatic rings. The van der Waals surface area contributed by atoms with Crippen LogP contribution in [0.2, 0.25) is 0 Å². The van der Waals surface area contributed by atoms with Gasteiger partial charge in [-0.2, -0.15) is 0 Å². The van der Waals surface area contributed by atoms with Crippen LogP contribution >= 0.6 is 0 Å². The van der Waals surface area contributed by atoms with Crippen LogP contribution < -0.4 is 4.74 Å². The van der Waals surface area contributed by atoms with E-state index in [1.807, 2.05) is 12.1 Å². The van der Waals surface area contributed by atoms with Gasteiger partial charge in [-0.05, 0) is 61.3 Å². The Kier molecular flexibility index (Phi) is 4.88. The summed E-state index contributed by atoms with van der Waals surface area (Å²) in [5.41, 5.74) is 2.56. The summed E-state index contributed by atoms with van der Waals surface area (Å²) in [5.74, 6) is 1.87. The number of ketones is 1. The van der Waals surface area contributed by atoms with Crippen molar-refractivity contribution in [2.45, 2.75) is 51.0 Å². The molecule has 1 aromatic carbocycles. The number of aromatic amines is 1. The highest BCUT2D eigenvalue weighted by Crippen LogP contribution is 2.58. The number of nitrogens with one attached hydrogen (secondary N) is 1. The van der Waals surface area contributed by atoms with Crippen molar-refractivity contribution in [2.75, 3.05) is 27.3 Å². The first-order chi connectivity index (χ1) is 14.9. The van der Waals surface area contributed by atoms with Crippen LogP contribution in [0.1, 0.15) is 44.4 Å². The van der Waals surface area contributed by atoms with Crippen LogP contribution in [0.4, 0.5) is 0 Å². The van der Waals surface area contributed by atoms with Gasteiger partial charge >= 0.3 is 5.97 Å². The lowest BCUT2D eigenvalue weighted by Crippen LogP contribution is -2.70. The minimum Gasteiger partial charge on any atom is -0.497 e. The summed E-state index contributed by atoms with van der Waals surface area (Å²) >= 11 is 0. The van der Waals surface area contributed by atoms with E-state index in [-0.39, 0.29) is 17.8 Å². The van der Waals surface area contributed by atoms with Crippen molar-refractivity contribution >= 4 is 22.7 Å². The van der Waals surface area contributed by atoms with Gasteiger partial charge in [-0.25, -0.2) is 0 Å². The monoisotopic (exact) mass is 424 g/mol. The molecule has 6 atom stereocenters. The summed E-state index contributed by atoms with van der Waals surface area (Å²) in [4.78, 5) is 31.9. The molecule has 0 spiro atoms. The molecule has 1 aromatic heterocycles. The number of H-pyrrole nitrogens is 1. The Morgan fingerprint density at radius 1 is 1.26 bits per heavy atom. The highest BCUT2D eigenvalue weighted by atomic mass is 16.5. The summed E-state index contributed by atoms with van der Waals surface area (Å²) in [7, 11) is 3.19. The smallest absolute Gasteiger partial charge is 0.319 e. The molecule has 4 heterocycles. The van der Waals surface area contributed by atoms with Gasteiger partial charge < -0.3 is 19.3 Å². The molecule has 1 saturated carbocycles. The number of carbonyl (C=O) groups excluding carboxylic acids is 2. The predicted molar refractivity (Wildman–Crippen MR) is 118 cm³/mol. The molecule has 6 nitrogen and oxygen atoms in total. The van der Waals surface area contributed by atoms with Gasteiger partial charge in [0, 0.05) is 42.1 Å². The Labute approximate surface area is 183 Å². The zero-order chi connectivity index (χ0) is 21.9. The van der Waals surface area contributed by atoms with Crippen molar-refractivity contribution < 1.29 is 19.1 Å². The van der Waals surface area contributed by atoms with Crippen molar-refractivity contribution in [3.8, 4) is 5.75 Å². The number of hydrogen-bond donors (Lipinski definition) is 1. The Morgan fingerprint density at radius 2 is 2.06 bits per heavy atom. The Hall–Kier alpha value is -2.34. The number of hydrogen-bond acceptors (Lipinski definition) is 5. The van der Waals surface area contributed by atoms with Crippen LogP contribution in [-0.2, 0) is 26.2 Å². The van der Waals surface area contributed by atoms with E-state index in [0.717, 1.165) is 54.7 Å². The zero-order valence-corrected chi connectivity index (χ0v) is 18.9. The largest absolute Gasteiger partial charge is 0.497 e. The van der Waals surface area contributed by atoms with Crippen molar-refractivity contribution in [3.63, 3.8) is 0 Å². The number of ether oxygens (including phenoxy) is 2. The Bertz CT molecular complexity index is 1040. The second-order valence-electron chi connectivity index (χ2n) is 9.65. The van der Waals surface area contributed by atoms with Crippen molar-refractivity contribution in [3.05, 3.63) is 29.5 Å². The number of piperidine rings is 2. The molecule has 2 saturated heterocycles. The van der Waals surface area contributed by atoms with Crippen LogP contribution in [0.15, 0.2) is 18.2 Å². The summed E-state index contributed by atoms with van der Waals surface area (Å²) in [6, 6.07) is 6.13. The molecule has 6 unspecified atom stereocenters. The molecular weight excluding hydrogens is 392 g/mol. The van der Waals surface area contributed by atoms with E-state index in [0.29, 0.717) is 24.2 Å². The van der Waals surface area contributed by atoms with Gasteiger partial charge in [-0.1, -0.05) is 13.3 Å². The third-order valence-electron chi connectivity index (χ3n) is 8.27. The van der Waals surface area contributed by atoms with Crippen LogP contribution in [-0.4, -0.2) is 55.0 Å². The lowest BCUT2D eigenvalue weighted by molar-refractivity contribution is -0.169. The van der Waals surface area contributed by atoms with E-state index in [1.54, 1.807) is 14.0 Å². The topological polar surface area (TPSA) is 71.6 Å². The fourth-order valence-corrected chi connectivity index (χ4v) is 7.23. The van der Waals surface area contributed by atoms with E-state index < -0.39 is 5.41 Å². The second-order valence-corrected chi connectivity index (χ2v) is 9.65. The number of nitrogens with zero attached hydrogens (tertiary/aromatic N) is 1. The summed E-state index contributed by atoms with van der Waals surface area (Å²) in [5, 5.41) is 1.13. The van der Waals surface area contributed by atoms with Crippen LogP contribution in [0, 0.1) is 17.8 Å². The standard InChI is InChI=1S/C25H32N2O4/c1-5-17-19(10-14(2)28)15-12-25(24(29)31-4)22-18(8-9-27(13-15)23(17)25)20-11-16(30-3)6-7-21(20)26-22/h6-7,11,15,17,19,23,26H,5,8-10,12-13H2,1-4H3. The molecule has 4 bridgehead atoms. The van der Waals surface area contributed by atoms with Crippen LogP contribution in [0.25, 0.3) is 10.9 Å². The lowest BCUT2D eigenvalue weighted by Gasteiger charge is -2.61. The molecule has 166 valence electrons. The van der Waals surface area contributed by atoms with Gasteiger partial charge in [0.15, 0.2) is 0 Å². The maximum Gasteiger partial charge on any atom is 0.319 e. The van der Waals surface area contributed by atoms with Gasteiger partial charge in [0.1, 0.15) is 16.9 Å². The summed E-state index contributed by atoms with van der Waals surface area (Å²) in [6.07, 6.45) is 3.20. The number of esters is 1. The zero-order valence-electron chi connectivity index (χ0n) is 18.9. The predicted octanol–water partition coefficient (Wildman–Crippen LogP) is 3.47. The quantitative estimate of drug-likeness (QED) is 0.744. The molecule has 3 fully saturated rings. The van der Waals surface area contributed by atoms with Gasteiger partial charge in [-0.15, -0.1) is 0 Å². The third kappa shape index (κ3) is 2.80. The Morgan fingerprint density at radius 3 is 2.74 bits per heavy atom. The number of benzene rings is 1. The van der Waals surface area contributed by atoms with Crippen LogP contribution in [0.3, 0.4) is 0 Å². The van der Waals surface area contributed by atoms with E-state index in [2.05, 4.69) is 22.9 Å². The Balaban J connectivity index is 1.73. The molecule has 0 radical (unpaired) electrons. The average molecular weight is 425 g/mol. The minimum absolute atomic E-state index is 0.0514. The number of fused-ring (bicyclic) bond motifs is 4. The number of carbonyl (C=O) groups is 2. The lowest BCUT2D eigenvalue weighted by atomic mass is 9.51. The normalized spacial score (nSPS) is 33.6. The van der Waals surface area contributed by atoms with E-state index in [1.165, 1.54) is 12.7 Å². The van der Waals surface area contributed by atoms with Crippen molar-refractivity contribution in [2.24, 2.45) is 17.8 Å². The number of Topliss-reactive ketones (excluding diaryl/α,β-unsaturated/α-hetero) is 1. The SMILES string of the molecule is CCC1C(CC(C)=O)C2CN3CCc4c([nH]c5ccc(OC)cc45)C(C(=O)OC)(C2)C13. The molecular formula is C25H32N2O4. The van der Waals surface area contributed by atoms with Crippen molar-refractivity contribution in [1.82, 2.24) is 9.88 Å². The fourth-order valence-electron chi connectivity index (χ4n) is 7.23. The molecule has 6 rings (SSSR count). The maximum atomic E-state index is 13.6. The highest BCUT2D eigenvalue weighted by molar-refractivity contribution is 5.92. The average Bonchev–Trinajstić information content (AvgIpc) is 3.11. The summed E-state index contributed by atoms with van der Waals surface area (Å²) < 4.78 is 11.0. The summed E-state index contributed by atoms with van der Waals surface area (Å²) in [6.45, 7) is 5.78. The van der Waals surface area contributed by atoms with Gasteiger partial charge in [0.2, 0.25) is 0 Å². The molecule has 31 heavy (non-hydrogen) atoms. The molecule has 1 N–H and O–H groups in total. The number of rotatable bonds is 5. The first-order valence-electron chi connectivity index (χ1n) is 11.5. The first-order valence-corrected chi connectivity index (χ1v) is 11.5. The molecule has 2 aromatic rings. The van der Waals surface area contributed by atoms with Gasteiger partial charge in [0.25, 0.3) is 0 Å². The van der Waals surface area contributed by atoms with Gasteiger partial charge in [0.05, 0.1) is 14.2 Å². The number of aromatic nitrogens is 1. The molecule has 3 aliphatic heterocycles. The molecule has 1 aliphatic carbocycles. The van der Waals surface area contributed by atoms with E-state index in [9.17, 15) is 9.59 Å². The van der Waals surface area contributed by atoms with Gasteiger partial charge in [-0.3, -0.25) is 9.69 Å². The van der Waals surface area contributed by atoms with E-state index >= 15 is 0 Å². The van der Waals surface area contributed by atoms with E-state index in [4.69, 9.17) is 9.47 Å². The fraction of sp³-hybridized carbons (Fsp3) is 0.600. The minimum atomic E-state index is -0.719. The number of methoxy groups -OCH3 is 2. The van der Waals surface area contributed by atoms with Crippen molar-refractivity contribution in [1.29, 1.82) is 0 Å². The first kappa shape index (κ1) is 20.6. The molecule has 0 amide bonds. The maximum absolute atomic E-state index is 13.6. The van der Waals surface area contributed by atoms with Crippen LogP contribution in [0.5, 0.6) is 5.75 Å². The molecule has 6 heteroatoms. The third-order valence-corrected chi connectivity index (χ3v) is 8.27. The second kappa shape index (κ2) is 7.37.